The van der Waals surface area contributed by atoms with Gasteiger partial charge in [-0.1, -0.05) is 56.7 Å². The number of hydrogen-bond donors (Lipinski definition) is 10. The number of aliphatic hydroxyl groups is 1. The molecule has 3 aromatic rings. The molecule has 0 radical (unpaired) electrons. The maximum atomic E-state index is 13.6. The van der Waals surface area contributed by atoms with Crippen LogP contribution < -0.4 is 42.6 Å². The van der Waals surface area contributed by atoms with E-state index in [1.807, 2.05) is 13.8 Å². The first-order valence-electron chi connectivity index (χ1n) is 24.4. The van der Waals surface area contributed by atoms with Crippen molar-refractivity contribution >= 4 is 52.4 Å². The minimum Gasteiger partial charge on any atom is -0.508 e. The minimum absolute atomic E-state index is 0.0114. The highest BCUT2D eigenvalue weighted by Gasteiger charge is 2.38. The fourth-order valence-electron chi connectivity index (χ4n) is 8.31. The van der Waals surface area contributed by atoms with Gasteiger partial charge in [0.25, 0.3) is 5.91 Å². The highest BCUT2D eigenvalue weighted by Crippen LogP contribution is 2.42. The van der Waals surface area contributed by atoms with Crippen molar-refractivity contribution in [2.24, 2.45) is 5.92 Å². The van der Waals surface area contributed by atoms with Crippen LogP contribution in [0.1, 0.15) is 91.5 Å². The van der Waals surface area contributed by atoms with Gasteiger partial charge in [-0.15, -0.1) is 0 Å². The number of phenols is 1. The summed E-state index contributed by atoms with van der Waals surface area (Å²) >= 11 is 0. The van der Waals surface area contributed by atoms with Crippen molar-refractivity contribution < 1.29 is 66.5 Å². The summed E-state index contributed by atoms with van der Waals surface area (Å²) in [5.41, 5.74) is 1.63. The van der Waals surface area contributed by atoms with Crippen molar-refractivity contribution in [3.05, 3.63) is 112 Å². The number of aromatic hydroxyl groups is 1. The number of phenolic OH excluding ortho intramolecular Hbond substituents is 1. The molecule has 402 valence electrons. The van der Waals surface area contributed by atoms with Crippen LogP contribution in [0.4, 0.5) is 13.2 Å². The number of unbranched alkanes of at least 4 members (excludes halogenated alkanes) is 3. The topological polar surface area (TPSA) is 295 Å². The molecule has 0 fully saturated rings. The van der Waals surface area contributed by atoms with E-state index in [1.54, 1.807) is 41.7 Å². The SMILES string of the molecule is CNC(=O)[C@H](Cc1ccccc1)NC(=O)[C@H](CCCCNC(=O)C(F)(F)F)NC(=O)CNC(O)[C@H](CC(C)C)NC(=O)CCCCCNC(=O)c1ccc(-c2c3ccc(=O)cc-3oc3cc(O)ccc23)c(C(=O)O)c1. The van der Waals surface area contributed by atoms with E-state index in [1.165, 1.54) is 55.6 Å². The second-order valence-corrected chi connectivity index (χ2v) is 18.3. The number of carboxylic acids is 1. The van der Waals surface area contributed by atoms with Crippen LogP contribution in [-0.4, -0.2) is 114 Å². The molecule has 0 spiro atoms. The number of likely N-dealkylation sites (N-methyl/N-ethyl adjacent to an activating group) is 1. The third-order valence-corrected chi connectivity index (χ3v) is 12.0. The van der Waals surface area contributed by atoms with E-state index in [2.05, 4.69) is 31.9 Å². The zero-order chi connectivity index (χ0) is 54.8. The second-order valence-electron chi connectivity index (χ2n) is 18.3. The molecule has 10 N–H and O–H groups in total. The Balaban J connectivity index is 1.12. The van der Waals surface area contributed by atoms with Crippen LogP contribution >= 0.6 is 0 Å². The highest BCUT2D eigenvalue weighted by molar-refractivity contribution is 6.09. The van der Waals surface area contributed by atoms with Gasteiger partial charge in [0.1, 0.15) is 35.4 Å². The summed E-state index contributed by atoms with van der Waals surface area (Å²) in [6.45, 7) is 3.06. The van der Waals surface area contributed by atoms with Crippen LogP contribution in [0.25, 0.3) is 33.4 Å². The number of hydrogen-bond acceptors (Lipinski definition) is 12. The maximum absolute atomic E-state index is 13.6. The minimum atomic E-state index is -5.07. The van der Waals surface area contributed by atoms with Crippen molar-refractivity contribution in [2.45, 2.75) is 102 Å². The van der Waals surface area contributed by atoms with E-state index in [0.29, 0.717) is 42.2 Å². The zero-order valence-electron chi connectivity index (χ0n) is 41.6. The van der Waals surface area contributed by atoms with Gasteiger partial charge in [-0.25, -0.2) is 4.79 Å². The molecule has 0 saturated heterocycles. The number of carbonyl (C=O) groups is 7. The second kappa shape index (κ2) is 27.4. The predicted octanol–water partition coefficient (Wildman–Crippen LogP) is 4.50. The van der Waals surface area contributed by atoms with Crippen LogP contribution in [0.3, 0.4) is 0 Å². The molecule has 22 heteroatoms. The van der Waals surface area contributed by atoms with E-state index in [-0.39, 0.29) is 90.3 Å². The number of rotatable bonds is 27. The maximum Gasteiger partial charge on any atom is 0.471 e. The quantitative estimate of drug-likeness (QED) is 0.0197. The fourth-order valence-corrected chi connectivity index (χ4v) is 8.31. The molecule has 5 rings (SSSR count). The Labute approximate surface area is 429 Å². The molecule has 1 unspecified atom stereocenters. The Kier molecular flexibility index (Phi) is 21.2. The van der Waals surface area contributed by atoms with Gasteiger partial charge in [-0.05, 0) is 92.0 Å². The van der Waals surface area contributed by atoms with Crippen molar-refractivity contribution in [3.8, 4) is 28.2 Å². The number of aliphatic hydroxyl groups excluding tert-OH is 1. The van der Waals surface area contributed by atoms with Crippen molar-refractivity contribution in [2.75, 3.05) is 26.7 Å². The van der Waals surface area contributed by atoms with Crippen LogP contribution in [-0.2, 0) is 30.4 Å². The van der Waals surface area contributed by atoms with Crippen LogP contribution in [0.5, 0.6) is 5.75 Å². The monoisotopic (exact) mass is 1050 g/mol. The fraction of sp³-hybridized carbons (Fsp3) is 0.396. The molecule has 4 atom stereocenters. The number of benzene rings is 4. The van der Waals surface area contributed by atoms with Crippen LogP contribution in [0, 0.1) is 5.92 Å². The molecule has 2 aliphatic rings. The van der Waals surface area contributed by atoms with E-state index in [4.69, 9.17) is 4.42 Å². The van der Waals surface area contributed by atoms with Gasteiger partial charge < -0.3 is 51.6 Å². The lowest BCUT2D eigenvalue weighted by atomic mass is 9.90. The predicted molar refractivity (Wildman–Crippen MR) is 270 cm³/mol. The Morgan fingerprint density at radius 1 is 0.733 bits per heavy atom. The van der Waals surface area contributed by atoms with Crippen LogP contribution in [0.2, 0.25) is 0 Å². The number of aromatic carboxylic acids is 1. The molecule has 1 heterocycles. The lowest BCUT2D eigenvalue weighted by Crippen LogP contribution is -2.56. The number of carbonyl (C=O) groups excluding carboxylic acids is 6. The normalized spacial score (nSPS) is 13.1. The Bertz CT molecular complexity index is 2840. The largest absolute Gasteiger partial charge is 0.508 e. The Hall–Kier alpha value is -7.85. The first-order valence-corrected chi connectivity index (χ1v) is 24.4. The first kappa shape index (κ1) is 58.0. The summed E-state index contributed by atoms with van der Waals surface area (Å²) in [6.07, 6.45) is -4.63. The van der Waals surface area contributed by atoms with Gasteiger partial charge in [0.2, 0.25) is 23.6 Å². The van der Waals surface area contributed by atoms with Gasteiger partial charge in [0.15, 0.2) is 5.43 Å². The number of fused-ring (bicyclic) bond motifs is 2. The molecule has 19 nitrogen and oxygen atoms in total. The lowest BCUT2D eigenvalue weighted by Gasteiger charge is -2.27. The lowest BCUT2D eigenvalue weighted by molar-refractivity contribution is -0.173. The third-order valence-electron chi connectivity index (χ3n) is 12.0. The Morgan fingerprint density at radius 3 is 2.13 bits per heavy atom. The molecule has 1 aliphatic carbocycles. The zero-order valence-corrected chi connectivity index (χ0v) is 41.6. The summed E-state index contributed by atoms with van der Waals surface area (Å²) in [7, 11) is 1.39. The molecule has 6 amide bonds. The summed E-state index contributed by atoms with van der Waals surface area (Å²) in [6, 6.07) is 18.3. The van der Waals surface area contributed by atoms with Gasteiger partial charge in [0, 0.05) is 67.2 Å². The number of amides is 6. The highest BCUT2D eigenvalue weighted by atomic mass is 19.4. The molecule has 3 aromatic carbocycles. The van der Waals surface area contributed by atoms with E-state index >= 15 is 0 Å². The standard InChI is InChI=1S/C53H62F3N7O12/c1-30(2)24-40(49(70)60-29-45(67)61-39(14-9-11-23-59-52(74)53(54,55)56)50(71)63-41(48(69)57-3)25-31-12-6-4-7-13-31)62-44(66)15-8-5-10-22-58-47(68)32-16-19-35(38(26-32)51(72)73)46-36-20-17-33(64)27-42(36)75-43-28-34(65)18-21-37(43)46/h4,6-7,12-13,16-21,26-28,30,39-41,49,60,64,70H,5,8-11,14-15,22-25,29H2,1-3H3,(H,57,69)(H,58,68)(H,59,74)(H,61,67)(H,62,66)(H,63,71)(H,72,73)/t39-,40-,41-,49?/m0/s1. The van der Waals surface area contributed by atoms with E-state index < -0.39 is 78.5 Å². The number of alkyl halides is 3. The molecule has 0 aromatic heterocycles. The summed E-state index contributed by atoms with van der Waals surface area (Å²) in [4.78, 5) is 102. The van der Waals surface area contributed by atoms with Gasteiger partial charge in [-0.3, -0.25) is 38.9 Å². The summed E-state index contributed by atoms with van der Waals surface area (Å²) < 4.78 is 43.9. The van der Waals surface area contributed by atoms with Crippen LogP contribution in [0.15, 0.2) is 94.1 Å². The smallest absolute Gasteiger partial charge is 0.471 e. The van der Waals surface area contributed by atoms with Gasteiger partial charge in [0.05, 0.1) is 18.2 Å². The third kappa shape index (κ3) is 17.4. The first-order chi connectivity index (χ1) is 35.6. The molecular formula is C53H62F3N7O12. The molecular weight excluding hydrogens is 984 g/mol. The number of halogens is 3. The average Bonchev–Trinajstić information content (AvgIpc) is 3.36. The van der Waals surface area contributed by atoms with Gasteiger partial charge >= 0.3 is 18.1 Å². The molecule has 0 bridgehead atoms. The average molecular weight is 1050 g/mol. The van der Waals surface area contributed by atoms with Crippen molar-refractivity contribution in [1.82, 2.24) is 37.2 Å². The summed E-state index contributed by atoms with van der Waals surface area (Å²) in [5.74, 6) is -6.31. The summed E-state index contributed by atoms with van der Waals surface area (Å²) in [5, 5.41) is 49.6. The molecule has 75 heavy (non-hydrogen) atoms. The molecule has 0 saturated carbocycles. The number of nitrogens with one attached hydrogen (secondary N) is 7. The van der Waals surface area contributed by atoms with Crippen molar-refractivity contribution in [1.29, 1.82) is 0 Å². The molecule has 1 aliphatic heterocycles. The van der Waals surface area contributed by atoms with E-state index in [0.717, 1.165) is 5.56 Å². The van der Waals surface area contributed by atoms with E-state index in [9.17, 15) is 66.8 Å². The number of carboxylic acid groups (broad SMARTS) is 1. The van der Waals surface area contributed by atoms with Crippen molar-refractivity contribution in [3.63, 3.8) is 0 Å². The van der Waals surface area contributed by atoms with Gasteiger partial charge in [-0.2, -0.15) is 13.2 Å². The Morgan fingerprint density at radius 2 is 1.44 bits per heavy atom.